The van der Waals surface area contributed by atoms with Gasteiger partial charge in [0, 0.05) is 15.9 Å². The van der Waals surface area contributed by atoms with Gasteiger partial charge in [0.1, 0.15) is 0 Å². The van der Waals surface area contributed by atoms with E-state index in [0.717, 1.165) is 21.4 Å². The summed E-state index contributed by atoms with van der Waals surface area (Å²) in [5, 5.41) is 12.2. The maximum Gasteiger partial charge on any atom is 0.230 e. The minimum atomic E-state index is -0.318. The smallest absolute Gasteiger partial charge is 0.230 e. The molecule has 0 aliphatic heterocycles. The van der Waals surface area contributed by atoms with Gasteiger partial charge in [-0.15, -0.1) is 11.8 Å². The lowest BCUT2D eigenvalue weighted by Gasteiger charge is -2.09. The van der Waals surface area contributed by atoms with Crippen molar-refractivity contribution in [3.63, 3.8) is 0 Å². The number of hydrogen-bond donors (Lipinski definition) is 2. The number of benzene rings is 1. The molecule has 0 bridgehead atoms. The third-order valence-corrected chi connectivity index (χ3v) is 4.44. The number of aliphatic hydroxyl groups excluding tert-OH is 1. The van der Waals surface area contributed by atoms with Crippen molar-refractivity contribution >= 4 is 33.6 Å². The molecule has 0 radical (unpaired) electrons. The van der Waals surface area contributed by atoms with E-state index in [1.165, 1.54) is 11.8 Å². The topological polar surface area (TPSA) is 49.3 Å². The normalized spacial score (nSPS) is 12.2. The van der Waals surface area contributed by atoms with Crippen molar-refractivity contribution in [3.8, 4) is 0 Å². The molecule has 5 heteroatoms. The van der Waals surface area contributed by atoms with Gasteiger partial charge in [0.05, 0.1) is 11.9 Å². The number of nitrogens with one attached hydrogen (secondary N) is 1. The largest absolute Gasteiger partial charge is 0.393 e. The van der Waals surface area contributed by atoms with Gasteiger partial charge < -0.3 is 10.4 Å². The number of rotatable bonds is 7. The van der Waals surface area contributed by atoms with E-state index in [1.54, 1.807) is 0 Å². The Bertz CT molecular complexity index is 426. The van der Waals surface area contributed by atoms with Crippen LogP contribution in [0, 0.1) is 6.92 Å². The third-order valence-electron chi connectivity index (χ3n) is 2.77. The van der Waals surface area contributed by atoms with Gasteiger partial charge in [0.2, 0.25) is 5.91 Å². The lowest BCUT2D eigenvalue weighted by molar-refractivity contribution is -0.118. The summed E-state index contributed by atoms with van der Waals surface area (Å²) in [4.78, 5) is 12.8. The fourth-order valence-electron chi connectivity index (χ4n) is 1.55. The predicted octanol–water partition coefficient (Wildman–Crippen LogP) is 3.13. The second-order valence-electron chi connectivity index (χ2n) is 4.40. The average Bonchev–Trinajstić information content (AvgIpc) is 2.37. The first-order valence-corrected chi connectivity index (χ1v) is 8.14. The summed E-state index contributed by atoms with van der Waals surface area (Å²) < 4.78 is 1.05. The van der Waals surface area contributed by atoms with E-state index in [1.807, 2.05) is 32.0 Å². The number of thioether (sulfide) groups is 1. The second-order valence-corrected chi connectivity index (χ2v) is 6.33. The summed E-state index contributed by atoms with van der Waals surface area (Å²) in [6.45, 7) is 4.50. The molecule has 2 N–H and O–H groups in total. The average molecular weight is 346 g/mol. The van der Waals surface area contributed by atoms with Crippen LogP contribution in [-0.4, -0.2) is 29.4 Å². The first kappa shape index (κ1) is 16.5. The highest BCUT2D eigenvalue weighted by Gasteiger charge is 2.06. The molecule has 1 amide bonds. The van der Waals surface area contributed by atoms with Gasteiger partial charge in [-0.1, -0.05) is 22.9 Å². The minimum Gasteiger partial charge on any atom is -0.393 e. The molecule has 1 unspecified atom stereocenters. The number of aliphatic hydroxyl groups is 1. The van der Waals surface area contributed by atoms with Crippen LogP contribution in [0.5, 0.6) is 0 Å². The summed E-state index contributed by atoms with van der Waals surface area (Å²) in [5.41, 5.74) is 1.16. The van der Waals surface area contributed by atoms with Gasteiger partial charge >= 0.3 is 0 Å². The maximum atomic E-state index is 11.6. The second kappa shape index (κ2) is 8.61. The van der Waals surface area contributed by atoms with Crippen LogP contribution in [0.4, 0.5) is 0 Å². The summed E-state index contributed by atoms with van der Waals surface area (Å²) in [6, 6.07) is 6.03. The van der Waals surface area contributed by atoms with Crippen molar-refractivity contribution in [3.05, 3.63) is 28.2 Å². The van der Waals surface area contributed by atoms with Gasteiger partial charge in [-0.3, -0.25) is 4.79 Å². The van der Waals surface area contributed by atoms with Gasteiger partial charge in [0.25, 0.3) is 0 Å². The standard InChI is InChI=1S/C14H20BrNO2S/c1-3-12(17)6-7-16-14(18)9-19-13-5-4-11(15)8-10(13)2/h4-5,8,12,17H,3,6-7,9H2,1-2H3,(H,16,18). The molecule has 0 fully saturated rings. The molecule has 1 aromatic carbocycles. The molecule has 0 saturated carbocycles. The molecule has 1 aromatic rings. The summed E-state index contributed by atoms with van der Waals surface area (Å²) >= 11 is 4.95. The number of hydrogen-bond acceptors (Lipinski definition) is 3. The zero-order valence-corrected chi connectivity index (χ0v) is 13.7. The van der Waals surface area contributed by atoms with Crippen molar-refractivity contribution in [1.29, 1.82) is 0 Å². The summed E-state index contributed by atoms with van der Waals surface area (Å²) in [7, 11) is 0. The maximum absolute atomic E-state index is 11.6. The van der Waals surface area contributed by atoms with Crippen LogP contribution in [0.2, 0.25) is 0 Å². The minimum absolute atomic E-state index is 0.00984. The highest BCUT2D eigenvalue weighted by atomic mass is 79.9. The van der Waals surface area contributed by atoms with Crippen LogP contribution in [0.15, 0.2) is 27.6 Å². The molecule has 0 aromatic heterocycles. The Morgan fingerprint density at radius 1 is 1.53 bits per heavy atom. The fraction of sp³-hybridized carbons (Fsp3) is 0.500. The lowest BCUT2D eigenvalue weighted by atomic mass is 10.2. The number of carbonyl (C=O) groups excluding carboxylic acids is 1. The van der Waals surface area contributed by atoms with Crippen LogP contribution in [0.3, 0.4) is 0 Å². The third kappa shape index (κ3) is 6.45. The fourth-order valence-corrected chi connectivity index (χ4v) is 2.87. The molecular weight excluding hydrogens is 326 g/mol. The van der Waals surface area contributed by atoms with E-state index in [2.05, 4.69) is 21.2 Å². The molecule has 0 heterocycles. The highest BCUT2D eigenvalue weighted by Crippen LogP contribution is 2.24. The summed E-state index contributed by atoms with van der Waals surface area (Å²) in [6.07, 6.45) is 1.02. The summed E-state index contributed by atoms with van der Waals surface area (Å²) in [5.74, 6) is 0.417. The first-order valence-electron chi connectivity index (χ1n) is 6.36. The molecule has 3 nitrogen and oxygen atoms in total. The van der Waals surface area contributed by atoms with Crippen LogP contribution < -0.4 is 5.32 Å². The SMILES string of the molecule is CCC(O)CCNC(=O)CSc1ccc(Br)cc1C. The zero-order valence-electron chi connectivity index (χ0n) is 11.3. The lowest BCUT2D eigenvalue weighted by Crippen LogP contribution is -2.28. The molecule has 1 atom stereocenters. The van der Waals surface area contributed by atoms with E-state index >= 15 is 0 Å². The molecule has 0 aliphatic carbocycles. The highest BCUT2D eigenvalue weighted by molar-refractivity contribution is 9.10. The predicted molar refractivity (Wildman–Crippen MR) is 83.5 cm³/mol. The molecule has 0 spiro atoms. The van der Waals surface area contributed by atoms with Crippen molar-refractivity contribution in [1.82, 2.24) is 5.32 Å². The monoisotopic (exact) mass is 345 g/mol. The number of amides is 1. The van der Waals surface area contributed by atoms with Crippen LogP contribution in [-0.2, 0) is 4.79 Å². The molecule has 106 valence electrons. The molecule has 19 heavy (non-hydrogen) atoms. The number of carbonyl (C=O) groups is 1. The molecule has 1 rings (SSSR count). The van der Waals surface area contributed by atoms with Crippen molar-refractivity contribution in [2.24, 2.45) is 0 Å². The van der Waals surface area contributed by atoms with Gasteiger partial charge in [-0.05, 0) is 43.5 Å². The Kier molecular flexibility index (Phi) is 7.49. The van der Waals surface area contributed by atoms with Crippen molar-refractivity contribution in [2.45, 2.75) is 37.7 Å². The van der Waals surface area contributed by atoms with Crippen LogP contribution in [0.1, 0.15) is 25.3 Å². The zero-order chi connectivity index (χ0) is 14.3. The Balaban J connectivity index is 2.30. The quantitative estimate of drug-likeness (QED) is 0.746. The molecule has 0 aliphatic rings. The first-order chi connectivity index (χ1) is 9.02. The van der Waals surface area contributed by atoms with Crippen LogP contribution in [0.25, 0.3) is 0 Å². The van der Waals surface area contributed by atoms with E-state index in [9.17, 15) is 9.90 Å². The Morgan fingerprint density at radius 2 is 2.26 bits per heavy atom. The van der Waals surface area contributed by atoms with E-state index < -0.39 is 0 Å². The molecule has 0 saturated heterocycles. The Labute approximate surface area is 127 Å². The Hall–Kier alpha value is -0.520. The van der Waals surface area contributed by atoms with Gasteiger partial charge in [0.15, 0.2) is 0 Å². The number of aryl methyl sites for hydroxylation is 1. The van der Waals surface area contributed by atoms with Gasteiger partial charge in [-0.25, -0.2) is 0 Å². The van der Waals surface area contributed by atoms with Crippen molar-refractivity contribution < 1.29 is 9.90 Å². The number of halogens is 1. The molecular formula is C14H20BrNO2S. The van der Waals surface area contributed by atoms with Crippen molar-refractivity contribution in [2.75, 3.05) is 12.3 Å². The Morgan fingerprint density at radius 3 is 2.89 bits per heavy atom. The van der Waals surface area contributed by atoms with E-state index in [4.69, 9.17) is 0 Å². The van der Waals surface area contributed by atoms with E-state index in [0.29, 0.717) is 18.7 Å². The van der Waals surface area contributed by atoms with Gasteiger partial charge in [-0.2, -0.15) is 0 Å². The van der Waals surface area contributed by atoms with Crippen LogP contribution >= 0.6 is 27.7 Å². The van der Waals surface area contributed by atoms with E-state index in [-0.39, 0.29) is 12.0 Å².